The fourth-order valence-electron chi connectivity index (χ4n) is 5.19. The van der Waals surface area contributed by atoms with Crippen molar-refractivity contribution in [3.8, 4) is 0 Å². The van der Waals surface area contributed by atoms with Crippen LogP contribution in [0.15, 0.2) is 23.1 Å². The second kappa shape index (κ2) is 8.66. The first-order chi connectivity index (χ1) is 15.4. The highest BCUT2D eigenvalue weighted by molar-refractivity contribution is 7.91. The van der Waals surface area contributed by atoms with Crippen molar-refractivity contribution >= 4 is 21.5 Å². The summed E-state index contributed by atoms with van der Waals surface area (Å²) >= 11 is 0. The highest BCUT2D eigenvalue weighted by Gasteiger charge is 2.52. The van der Waals surface area contributed by atoms with E-state index < -0.39 is 38.8 Å². The van der Waals surface area contributed by atoms with E-state index in [-0.39, 0.29) is 47.7 Å². The summed E-state index contributed by atoms with van der Waals surface area (Å²) < 4.78 is 70.4. The van der Waals surface area contributed by atoms with Gasteiger partial charge < -0.3 is 15.0 Å². The number of hydrogen-bond acceptors (Lipinski definition) is 6. The maximum Gasteiger partial charge on any atom is 0.416 e. The smallest absolute Gasteiger partial charge is 0.381 e. The van der Waals surface area contributed by atoms with Gasteiger partial charge in [0.05, 0.1) is 10.5 Å². The van der Waals surface area contributed by atoms with Crippen LogP contribution in [0.3, 0.4) is 0 Å². The average molecular weight is 489 g/mol. The summed E-state index contributed by atoms with van der Waals surface area (Å²) in [6.45, 7) is 2.32. The minimum atomic E-state index is -4.64. The molecule has 182 valence electrons. The second-order valence-corrected chi connectivity index (χ2v) is 11.1. The van der Waals surface area contributed by atoms with E-state index in [1.54, 1.807) is 0 Å². The standard InChI is InChI=1S/C22H27F3N2O5S/c1-14(28)21(7-4-18(11-21)26-17-5-8-32-9-6-17)20(29)27-12-15-10-16(22(23,24)25)2-3-19(15)33(30,31)13-27/h2-3,10,17-18,26H,4-9,11-13H2,1H3/t18-,21+/m0/s1. The number of ether oxygens (including phenoxy) is 1. The molecule has 2 heterocycles. The van der Waals surface area contributed by atoms with Gasteiger partial charge in [-0.3, -0.25) is 9.59 Å². The van der Waals surface area contributed by atoms with Gasteiger partial charge in [-0.1, -0.05) is 0 Å². The lowest BCUT2D eigenvalue weighted by Gasteiger charge is -2.36. The minimum Gasteiger partial charge on any atom is -0.381 e. The van der Waals surface area contributed by atoms with Crippen molar-refractivity contribution < 1.29 is 35.9 Å². The molecule has 33 heavy (non-hydrogen) atoms. The van der Waals surface area contributed by atoms with Crippen LogP contribution in [0.1, 0.15) is 50.2 Å². The molecule has 4 rings (SSSR count). The number of hydrogen-bond donors (Lipinski definition) is 1. The number of amides is 1. The van der Waals surface area contributed by atoms with Crippen LogP contribution in [-0.4, -0.2) is 56.2 Å². The molecule has 0 spiro atoms. The zero-order chi connectivity index (χ0) is 24.0. The van der Waals surface area contributed by atoms with E-state index in [2.05, 4.69) is 5.32 Å². The molecule has 0 radical (unpaired) electrons. The van der Waals surface area contributed by atoms with Crippen LogP contribution in [0.25, 0.3) is 0 Å². The van der Waals surface area contributed by atoms with E-state index in [1.165, 1.54) is 6.92 Å². The molecule has 0 aromatic heterocycles. The number of nitrogens with one attached hydrogen (secondary N) is 1. The molecule has 1 N–H and O–H groups in total. The number of carbonyl (C=O) groups excluding carboxylic acids is 2. The summed E-state index contributed by atoms with van der Waals surface area (Å²) in [5.74, 6) is -1.63. The molecule has 1 saturated carbocycles. The molecule has 0 unspecified atom stereocenters. The Morgan fingerprint density at radius 1 is 1.15 bits per heavy atom. The number of rotatable bonds is 4. The first kappa shape index (κ1) is 24.2. The number of nitrogens with zero attached hydrogens (tertiary/aromatic N) is 1. The zero-order valence-corrected chi connectivity index (χ0v) is 19.1. The number of alkyl halides is 3. The average Bonchev–Trinajstić information content (AvgIpc) is 3.17. The van der Waals surface area contributed by atoms with Crippen LogP contribution in [0, 0.1) is 5.41 Å². The first-order valence-electron chi connectivity index (χ1n) is 11.0. The number of carbonyl (C=O) groups is 2. The first-order valence-corrected chi connectivity index (χ1v) is 12.6. The van der Waals surface area contributed by atoms with Crippen molar-refractivity contribution in [1.82, 2.24) is 10.2 Å². The zero-order valence-electron chi connectivity index (χ0n) is 18.3. The molecule has 2 fully saturated rings. The number of sulfone groups is 1. The molecule has 0 bridgehead atoms. The Morgan fingerprint density at radius 2 is 1.85 bits per heavy atom. The number of halogens is 3. The van der Waals surface area contributed by atoms with Crippen LogP contribution >= 0.6 is 0 Å². The van der Waals surface area contributed by atoms with Crippen molar-refractivity contribution in [3.05, 3.63) is 29.3 Å². The van der Waals surface area contributed by atoms with Gasteiger partial charge in [-0.25, -0.2) is 8.42 Å². The normalized spacial score (nSPS) is 27.9. The fraction of sp³-hybridized carbons (Fsp3) is 0.636. The van der Waals surface area contributed by atoms with Crippen molar-refractivity contribution in [3.63, 3.8) is 0 Å². The second-order valence-electron chi connectivity index (χ2n) is 9.20. The Morgan fingerprint density at radius 3 is 2.48 bits per heavy atom. The molecule has 2 atom stereocenters. The molecule has 1 aromatic carbocycles. The number of benzene rings is 1. The van der Waals surface area contributed by atoms with Crippen LogP contribution in [-0.2, 0) is 36.9 Å². The van der Waals surface area contributed by atoms with E-state index in [0.29, 0.717) is 19.6 Å². The topological polar surface area (TPSA) is 92.8 Å². The fourth-order valence-corrected chi connectivity index (χ4v) is 6.75. The van der Waals surface area contributed by atoms with Crippen LogP contribution in [0.4, 0.5) is 13.2 Å². The molecule has 3 aliphatic rings. The van der Waals surface area contributed by atoms with E-state index in [9.17, 15) is 31.2 Å². The van der Waals surface area contributed by atoms with Gasteiger partial charge in [0.25, 0.3) is 0 Å². The van der Waals surface area contributed by atoms with E-state index in [1.807, 2.05) is 0 Å². The lowest BCUT2D eigenvalue weighted by molar-refractivity contribution is -0.148. The van der Waals surface area contributed by atoms with Crippen molar-refractivity contribution in [1.29, 1.82) is 0 Å². The van der Waals surface area contributed by atoms with Crippen molar-refractivity contribution in [2.45, 2.75) is 68.7 Å². The van der Waals surface area contributed by atoms with Gasteiger partial charge >= 0.3 is 6.18 Å². The summed E-state index contributed by atoms with van der Waals surface area (Å²) in [4.78, 5) is 27.1. The highest BCUT2D eigenvalue weighted by Crippen LogP contribution is 2.43. The van der Waals surface area contributed by atoms with Gasteiger partial charge in [-0.15, -0.1) is 0 Å². The van der Waals surface area contributed by atoms with Crippen molar-refractivity contribution in [2.75, 3.05) is 19.1 Å². The van der Waals surface area contributed by atoms with E-state index in [0.717, 1.165) is 35.9 Å². The van der Waals surface area contributed by atoms with E-state index >= 15 is 0 Å². The Balaban J connectivity index is 1.58. The number of fused-ring (bicyclic) bond motifs is 1. The molecule has 1 aliphatic carbocycles. The summed E-state index contributed by atoms with van der Waals surface area (Å²) in [6.07, 6.45) is -1.88. The minimum absolute atomic E-state index is 0.0773. The van der Waals surface area contributed by atoms with Crippen LogP contribution < -0.4 is 5.32 Å². The molecule has 1 amide bonds. The SMILES string of the molecule is CC(=O)[C@@]1(C(=O)N2Cc3cc(C(F)(F)F)ccc3S(=O)(=O)C2)CC[C@H](NC2CCOCC2)C1. The van der Waals surface area contributed by atoms with Gasteiger partial charge in [0.15, 0.2) is 9.84 Å². The summed E-state index contributed by atoms with van der Waals surface area (Å²) in [6, 6.07) is 2.60. The van der Waals surface area contributed by atoms with Crippen LogP contribution in [0.2, 0.25) is 0 Å². The highest BCUT2D eigenvalue weighted by atomic mass is 32.2. The van der Waals surface area contributed by atoms with Gasteiger partial charge in [0.1, 0.15) is 17.1 Å². The van der Waals surface area contributed by atoms with Crippen molar-refractivity contribution in [2.24, 2.45) is 5.41 Å². The summed E-state index contributed by atoms with van der Waals surface area (Å²) in [5, 5.41) is 3.49. The monoisotopic (exact) mass is 488 g/mol. The molecule has 1 aromatic rings. The Hall–Kier alpha value is -1.98. The third kappa shape index (κ3) is 4.67. The van der Waals surface area contributed by atoms with Crippen LogP contribution in [0.5, 0.6) is 0 Å². The molecular weight excluding hydrogens is 461 g/mol. The molecule has 11 heteroatoms. The Bertz CT molecular complexity index is 1050. The third-order valence-electron chi connectivity index (χ3n) is 6.99. The molecular formula is C22H27F3N2O5S. The number of Topliss-reactive ketones (excluding diaryl/α,β-unsaturated/α-hetero) is 1. The summed E-state index contributed by atoms with van der Waals surface area (Å²) in [5.41, 5.74) is -2.44. The quantitative estimate of drug-likeness (QED) is 0.656. The van der Waals surface area contributed by atoms with Gasteiger partial charge in [0, 0.05) is 31.8 Å². The predicted molar refractivity (Wildman–Crippen MR) is 112 cm³/mol. The van der Waals surface area contributed by atoms with Gasteiger partial charge in [-0.05, 0) is 62.8 Å². The number of ketones is 1. The third-order valence-corrected chi connectivity index (χ3v) is 8.71. The molecule has 2 aliphatic heterocycles. The lowest BCUT2D eigenvalue weighted by atomic mass is 9.80. The summed E-state index contributed by atoms with van der Waals surface area (Å²) in [7, 11) is -4.02. The molecule has 1 saturated heterocycles. The maximum atomic E-state index is 13.6. The Labute approximate surface area is 190 Å². The Kier molecular flexibility index (Phi) is 6.34. The van der Waals surface area contributed by atoms with Gasteiger partial charge in [-0.2, -0.15) is 13.2 Å². The predicted octanol–water partition coefficient (Wildman–Crippen LogP) is 2.68. The molecule has 7 nitrogen and oxygen atoms in total. The maximum absolute atomic E-state index is 13.6. The van der Waals surface area contributed by atoms with Gasteiger partial charge in [0.2, 0.25) is 5.91 Å². The van der Waals surface area contributed by atoms with E-state index in [4.69, 9.17) is 4.74 Å². The largest absolute Gasteiger partial charge is 0.416 e. The lowest BCUT2D eigenvalue weighted by Crippen LogP contribution is -2.50.